The lowest BCUT2D eigenvalue weighted by Gasteiger charge is -2.42. The number of hydrogen-bond acceptors (Lipinski definition) is 8. The molecule has 1 saturated heterocycles. The Kier molecular flexibility index (Phi) is 7.22. The molecular formula is C32H29F3N8O2. The van der Waals surface area contributed by atoms with Crippen molar-refractivity contribution in [1.82, 2.24) is 29.4 Å². The minimum absolute atomic E-state index is 0.0470. The van der Waals surface area contributed by atoms with E-state index in [1.54, 1.807) is 13.0 Å². The second-order valence-corrected chi connectivity index (χ2v) is 11.2. The van der Waals surface area contributed by atoms with E-state index >= 15 is 4.39 Å². The number of nitrogens with zero attached hydrogens (tertiary/aromatic N) is 7. The van der Waals surface area contributed by atoms with Crippen molar-refractivity contribution >= 4 is 45.3 Å². The van der Waals surface area contributed by atoms with Crippen molar-refractivity contribution in [2.24, 2.45) is 5.92 Å². The van der Waals surface area contributed by atoms with Crippen molar-refractivity contribution < 1.29 is 22.7 Å². The number of carbonyl (C=O) groups excluding carboxylic acids is 1. The molecule has 3 aromatic heterocycles. The lowest BCUT2D eigenvalue weighted by molar-refractivity contribution is -0.129. The summed E-state index contributed by atoms with van der Waals surface area (Å²) in [6.45, 7) is 4.39. The molecule has 5 aromatic rings. The third kappa shape index (κ3) is 5.38. The molecule has 2 aromatic carbocycles. The number of hydrogen-bond donors (Lipinski definition) is 1. The molecule has 10 nitrogen and oxygen atoms in total. The lowest BCUT2D eigenvalue weighted by atomic mass is 10.1. The maximum atomic E-state index is 15.7. The van der Waals surface area contributed by atoms with Gasteiger partial charge in [0.1, 0.15) is 35.5 Å². The fourth-order valence-electron chi connectivity index (χ4n) is 5.85. The number of imidazole rings is 1. The van der Waals surface area contributed by atoms with Crippen molar-refractivity contribution in [3.63, 3.8) is 0 Å². The maximum absolute atomic E-state index is 15.7. The molecule has 0 radical (unpaired) electrons. The number of ether oxygens (including phenoxy) is 1. The van der Waals surface area contributed by atoms with Gasteiger partial charge in [-0.15, -0.1) is 0 Å². The SMILES string of the molecule is C=CC(=O)N1CCN(c2ccc3ncnc(Nc4ccc(Oc5ccc6c(c5)ncn6C(F)F)c(C)c4F)c3n2)C[C@@H]1C1CC1. The van der Waals surface area contributed by atoms with Crippen molar-refractivity contribution in [3.8, 4) is 11.5 Å². The van der Waals surface area contributed by atoms with Crippen LogP contribution in [0.1, 0.15) is 25.0 Å². The van der Waals surface area contributed by atoms with Crippen LogP contribution >= 0.6 is 0 Å². The van der Waals surface area contributed by atoms with Gasteiger partial charge in [-0.2, -0.15) is 8.78 Å². The van der Waals surface area contributed by atoms with E-state index in [-0.39, 0.29) is 34.5 Å². The molecule has 1 amide bonds. The van der Waals surface area contributed by atoms with E-state index in [0.717, 1.165) is 29.6 Å². The molecule has 45 heavy (non-hydrogen) atoms. The Labute approximate surface area is 256 Å². The molecule has 1 aliphatic carbocycles. The van der Waals surface area contributed by atoms with Crippen LogP contribution < -0.4 is 15.0 Å². The van der Waals surface area contributed by atoms with E-state index in [1.165, 1.54) is 36.7 Å². The molecule has 4 heterocycles. The number of amides is 1. The second-order valence-electron chi connectivity index (χ2n) is 11.2. The van der Waals surface area contributed by atoms with Gasteiger partial charge in [0.2, 0.25) is 5.91 Å². The average molecular weight is 615 g/mol. The van der Waals surface area contributed by atoms with Crippen LogP contribution in [0.4, 0.5) is 30.5 Å². The number of halogens is 3. The minimum atomic E-state index is -2.71. The Hall–Kier alpha value is -5.20. The van der Waals surface area contributed by atoms with E-state index in [2.05, 4.69) is 31.7 Å². The highest BCUT2D eigenvalue weighted by Crippen LogP contribution is 2.38. The second kappa shape index (κ2) is 11.4. The number of alkyl halides is 2. The van der Waals surface area contributed by atoms with E-state index < -0.39 is 12.4 Å². The Morgan fingerprint density at radius 3 is 2.71 bits per heavy atom. The Morgan fingerprint density at radius 1 is 1.09 bits per heavy atom. The summed E-state index contributed by atoms with van der Waals surface area (Å²) >= 11 is 0. The molecule has 1 saturated carbocycles. The van der Waals surface area contributed by atoms with Crippen LogP contribution in [0.2, 0.25) is 0 Å². The predicted octanol–water partition coefficient (Wildman–Crippen LogP) is 6.37. The van der Waals surface area contributed by atoms with Crippen molar-refractivity contribution in [2.45, 2.75) is 32.4 Å². The van der Waals surface area contributed by atoms with Crippen LogP contribution in [0.3, 0.4) is 0 Å². The molecule has 2 aliphatic rings. The first-order chi connectivity index (χ1) is 21.8. The Balaban J connectivity index is 1.13. The summed E-state index contributed by atoms with van der Waals surface area (Å²) in [5.74, 6) is 1.55. The zero-order valence-corrected chi connectivity index (χ0v) is 24.3. The maximum Gasteiger partial charge on any atom is 0.320 e. The van der Waals surface area contributed by atoms with Gasteiger partial charge in [-0.05, 0) is 68.2 Å². The lowest BCUT2D eigenvalue weighted by Crippen LogP contribution is -2.56. The number of benzene rings is 2. The van der Waals surface area contributed by atoms with Gasteiger partial charge in [0, 0.05) is 31.3 Å². The fourth-order valence-corrected chi connectivity index (χ4v) is 5.85. The van der Waals surface area contributed by atoms with Gasteiger partial charge in [-0.3, -0.25) is 9.36 Å². The molecule has 1 aliphatic heterocycles. The van der Waals surface area contributed by atoms with Crippen LogP contribution in [0.25, 0.3) is 22.1 Å². The standard InChI is InChI=1S/C32H29F3N8O2/c1-3-28(44)42-13-12-41(15-25(42)19-4-5-19)27-11-8-22-30(40-27)31(37-16-36-22)39-21-7-10-26(18(2)29(21)33)45-20-6-9-24-23(14-20)38-17-43(24)32(34)35/h3,6-11,14,16-17,19,25,32H,1,4-5,12-13,15H2,2H3,(H,36,37,39)/t25-/m1/s1. The topological polar surface area (TPSA) is 101 Å². The van der Waals surface area contributed by atoms with Crippen LogP contribution in [0.5, 0.6) is 11.5 Å². The zero-order chi connectivity index (χ0) is 31.2. The highest BCUT2D eigenvalue weighted by molar-refractivity contribution is 5.89. The number of nitrogens with one attached hydrogen (secondary N) is 1. The summed E-state index contributed by atoms with van der Waals surface area (Å²) in [7, 11) is 0. The van der Waals surface area contributed by atoms with Gasteiger partial charge >= 0.3 is 6.55 Å². The number of aromatic nitrogens is 5. The highest BCUT2D eigenvalue weighted by atomic mass is 19.3. The summed E-state index contributed by atoms with van der Waals surface area (Å²) in [5, 5.41) is 3.07. The molecular weight excluding hydrogens is 585 g/mol. The molecule has 7 rings (SSSR count). The van der Waals surface area contributed by atoms with E-state index in [4.69, 9.17) is 9.72 Å². The zero-order valence-electron chi connectivity index (χ0n) is 24.3. The Morgan fingerprint density at radius 2 is 1.93 bits per heavy atom. The van der Waals surface area contributed by atoms with Gasteiger partial charge < -0.3 is 19.9 Å². The summed E-state index contributed by atoms with van der Waals surface area (Å²) in [6, 6.07) is 11.6. The smallest absolute Gasteiger partial charge is 0.320 e. The summed E-state index contributed by atoms with van der Waals surface area (Å²) in [4.78, 5) is 34.1. The molecule has 1 atom stereocenters. The number of carbonyl (C=O) groups is 1. The molecule has 0 bridgehead atoms. The highest BCUT2D eigenvalue weighted by Gasteiger charge is 2.40. The van der Waals surface area contributed by atoms with Gasteiger partial charge in [0.05, 0.1) is 28.3 Å². The molecule has 1 N–H and O–H groups in total. The first-order valence-electron chi connectivity index (χ1n) is 14.6. The summed E-state index contributed by atoms with van der Waals surface area (Å²) in [6.07, 6.45) is 6.03. The molecule has 0 spiro atoms. The summed E-state index contributed by atoms with van der Waals surface area (Å²) in [5.41, 5.74) is 2.09. The first kappa shape index (κ1) is 28.6. The quantitative estimate of drug-likeness (QED) is 0.202. The number of anilines is 3. The molecule has 2 fully saturated rings. The number of fused-ring (bicyclic) bond motifs is 2. The molecule has 230 valence electrons. The third-order valence-corrected chi connectivity index (χ3v) is 8.41. The largest absolute Gasteiger partial charge is 0.457 e. The van der Waals surface area contributed by atoms with Crippen LogP contribution in [0.15, 0.2) is 67.8 Å². The van der Waals surface area contributed by atoms with Crippen LogP contribution in [-0.4, -0.2) is 61.0 Å². The predicted molar refractivity (Wildman–Crippen MR) is 163 cm³/mol. The van der Waals surface area contributed by atoms with Gasteiger partial charge in [-0.25, -0.2) is 24.3 Å². The fraction of sp³-hybridized carbons (Fsp3) is 0.281. The summed E-state index contributed by atoms with van der Waals surface area (Å²) < 4.78 is 48.7. The Bertz CT molecular complexity index is 1940. The number of piperazine rings is 1. The molecule has 13 heteroatoms. The average Bonchev–Trinajstić information content (AvgIpc) is 3.82. The minimum Gasteiger partial charge on any atom is -0.457 e. The normalized spacial score (nSPS) is 16.9. The first-order valence-corrected chi connectivity index (χ1v) is 14.6. The van der Waals surface area contributed by atoms with Crippen molar-refractivity contribution in [2.75, 3.05) is 29.9 Å². The van der Waals surface area contributed by atoms with Gasteiger partial charge in [-0.1, -0.05) is 6.58 Å². The van der Waals surface area contributed by atoms with Crippen LogP contribution in [-0.2, 0) is 4.79 Å². The van der Waals surface area contributed by atoms with Crippen LogP contribution in [0, 0.1) is 18.7 Å². The van der Waals surface area contributed by atoms with Gasteiger partial charge in [0.25, 0.3) is 0 Å². The van der Waals surface area contributed by atoms with E-state index in [0.29, 0.717) is 53.7 Å². The monoisotopic (exact) mass is 614 g/mol. The van der Waals surface area contributed by atoms with Gasteiger partial charge in [0.15, 0.2) is 11.6 Å². The van der Waals surface area contributed by atoms with Crippen molar-refractivity contribution in [1.29, 1.82) is 0 Å². The van der Waals surface area contributed by atoms with E-state index in [1.807, 2.05) is 17.0 Å². The third-order valence-electron chi connectivity index (χ3n) is 8.41. The van der Waals surface area contributed by atoms with E-state index in [9.17, 15) is 13.6 Å². The molecule has 0 unspecified atom stereocenters. The number of rotatable bonds is 8. The van der Waals surface area contributed by atoms with Crippen molar-refractivity contribution in [3.05, 3.63) is 79.2 Å². The number of pyridine rings is 1.